The first-order valence-electron chi connectivity index (χ1n) is 7.66. The monoisotopic (exact) mass is 361 g/mol. The Morgan fingerprint density at radius 1 is 1.28 bits per heavy atom. The number of para-hydroxylation sites is 2. The Balaban J connectivity index is 1.91. The number of benzene rings is 2. The van der Waals surface area contributed by atoms with Crippen LogP contribution in [0.25, 0.3) is 11.1 Å². The summed E-state index contributed by atoms with van der Waals surface area (Å²) in [7, 11) is 0. The minimum absolute atomic E-state index is 0.0156. The maximum absolute atomic E-state index is 11.5. The van der Waals surface area contributed by atoms with Crippen LogP contribution in [0.4, 0.5) is 0 Å². The number of aromatic nitrogens is 1. The SMILES string of the molecule is CCC(C)(Oc1ccccc1Oc1nc2ccc(Cl)cc2o1)C(=O)O. The van der Waals surface area contributed by atoms with Gasteiger partial charge in [0.05, 0.1) is 0 Å². The van der Waals surface area contributed by atoms with Crippen molar-refractivity contribution in [2.45, 2.75) is 25.9 Å². The number of hydrogen-bond acceptors (Lipinski definition) is 5. The second-order valence-electron chi connectivity index (χ2n) is 5.63. The van der Waals surface area contributed by atoms with Gasteiger partial charge in [0.1, 0.15) is 5.52 Å². The molecule has 0 spiro atoms. The number of oxazole rings is 1. The van der Waals surface area contributed by atoms with Crippen LogP contribution in [0.5, 0.6) is 17.6 Å². The molecule has 6 nitrogen and oxygen atoms in total. The first-order valence-corrected chi connectivity index (χ1v) is 8.04. The van der Waals surface area contributed by atoms with Crippen molar-refractivity contribution in [3.8, 4) is 17.6 Å². The molecule has 0 aliphatic rings. The Morgan fingerprint density at radius 2 is 2.00 bits per heavy atom. The van der Waals surface area contributed by atoms with E-state index in [2.05, 4.69) is 4.98 Å². The van der Waals surface area contributed by atoms with E-state index in [1.165, 1.54) is 6.92 Å². The fraction of sp³-hybridized carbons (Fsp3) is 0.222. The van der Waals surface area contributed by atoms with E-state index in [4.69, 9.17) is 25.5 Å². The zero-order chi connectivity index (χ0) is 18.0. The van der Waals surface area contributed by atoms with Crippen LogP contribution in [0.15, 0.2) is 46.9 Å². The molecule has 1 heterocycles. The van der Waals surface area contributed by atoms with Crippen LogP contribution in [-0.2, 0) is 4.79 Å². The zero-order valence-electron chi connectivity index (χ0n) is 13.7. The van der Waals surface area contributed by atoms with Crippen molar-refractivity contribution in [2.75, 3.05) is 0 Å². The Labute approximate surface area is 148 Å². The highest BCUT2D eigenvalue weighted by Crippen LogP contribution is 2.35. The highest BCUT2D eigenvalue weighted by atomic mass is 35.5. The summed E-state index contributed by atoms with van der Waals surface area (Å²) in [5.74, 6) is -0.461. The smallest absolute Gasteiger partial charge is 0.400 e. The van der Waals surface area contributed by atoms with Gasteiger partial charge in [-0.05, 0) is 37.6 Å². The summed E-state index contributed by atoms with van der Waals surface area (Å²) in [5, 5.41) is 9.91. The summed E-state index contributed by atoms with van der Waals surface area (Å²) in [6.07, 6.45) is 0.305. The summed E-state index contributed by atoms with van der Waals surface area (Å²) < 4.78 is 16.9. The summed E-state index contributed by atoms with van der Waals surface area (Å²) in [5.41, 5.74) is -0.277. The van der Waals surface area contributed by atoms with E-state index in [9.17, 15) is 9.90 Å². The van der Waals surface area contributed by atoms with Gasteiger partial charge in [-0.25, -0.2) is 4.79 Å². The number of hydrogen-bond donors (Lipinski definition) is 1. The lowest BCUT2D eigenvalue weighted by molar-refractivity contribution is -0.154. The van der Waals surface area contributed by atoms with Gasteiger partial charge in [-0.3, -0.25) is 0 Å². The number of aliphatic carboxylic acids is 1. The van der Waals surface area contributed by atoms with E-state index in [-0.39, 0.29) is 18.2 Å². The lowest BCUT2D eigenvalue weighted by Crippen LogP contribution is -2.40. The average molecular weight is 362 g/mol. The first-order chi connectivity index (χ1) is 11.9. The molecule has 0 aliphatic carbocycles. The van der Waals surface area contributed by atoms with Crippen molar-refractivity contribution < 1.29 is 23.8 Å². The number of carboxylic acids is 1. The van der Waals surface area contributed by atoms with Crippen LogP contribution in [-0.4, -0.2) is 21.7 Å². The molecule has 130 valence electrons. The van der Waals surface area contributed by atoms with Crippen molar-refractivity contribution in [3.05, 3.63) is 47.5 Å². The third-order valence-electron chi connectivity index (χ3n) is 3.84. The van der Waals surface area contributed by atoms with Crippen LogP contribution in [0.1, 0.15) is 20.3 Å². The van der Waals surface area contributed by atoms with E-state index < -0.39 is 11.6 Å². The second-order valence-corrected chi connectivity index (χ2v) is 6.07. The molecule has 0 radical (unpaired) electrons. The Hall–Kier alpha value is -2.73. The van der Waals surface area contributed by atoms with E-state index in [1.807, 2.05) is 0 Å². The first kappa shape index (κ1) is 17.1. The third kappa shape index (κ3) is 3.53. The molecule has 1 unspecified atom stereocenters. The van der Waals surface area contributed by atoms with Gasteiger partial charge in [-0.2, -0.15) is 4.98 Å². The largest absolute Gasteiger partial charge is 0.478 e. The molecule has 1 atom stereocenters. The molecule has 0 bridgehead atoms. The molecule has 0 aliphatic heterocycles. The summed E-state index contributed by atoms with van der Waals surface area (Å²) >= 11 is 5.93. The van der Waals surface area contributed by atoms with Crippen molar-refractivity contribution in [2.24, 2.45) is 0 Å². The van der Waals surface area contributed by atoms with Gasteiger partial charge >= 0.3 is 12.0 Å². The fourth-order valence-electron chi connectivity index (χ4n) is 2.14. The van der Waals surface area contributed by atoms with Crippen LogP contribution >= 0.6 is 11.6 Å². The van der Waals surface area contributed by atoms with Crippen LogP contribution in [0, 0.1) is 0 Å². The molecule has 0 saturated carbocycles. The predicted molar refractivity (Wildman–Crippen MR) is 92.5 cm³/mol. The summed E-state index contributed by atoms with van der Waals surface area (Å²) in [6, 6.07) is 11.8. The second kappa shape index (κ2) is 6.64. The standard InChI is InChI=1S/C18H16ClNO5/c1-3-18(2,16(21)22)25-14-7-5-4-6-13(14)23-17-20-12-9-8-11(19)10-15(12)24-17/h4-10H,3H2,1-2H3,(H,21,22). The Bertz CT molecular complexity index is 923. The molecule has 2 aromatic carbocycles. The molecule has 7 heteroatoms. The van der Waals surface area contributed by atoms with E-state index in [0.29, 0.717) is 21.9 Å². The van der Waals surface area contributed by atoms with Gasteiger partial charge in [0.15, 0.2) is 17.1 Å². The minimum atomic E-state index is -1.37. The van der Waals surface area contributed by atoms with Crippen molar-refractivity contribution in [1.82, 2.24) is 4.98 Å². The molecule has 1 aromatic heterocycles. The number of fused-ring (bicyclic) bond motifs is 1. The number of carbonyl (C=O) groups is 1. The topological polar surface area (TPSA) is 81.8 Å². The predicted octanol–water partition coefficient (Wildman–Crippen LogP) is 4.91. The molecular weight excluding hydrogens is 346 g/mol. The molecule has 1 N–H and O–H groups in total. The van der Waals surface area contributed by atoms with E-state index in [0.717, 1.165) is 0 Å². The lowest BCUT2D eigenvalue weighted by Gasteiger charge is -2.25. The summed E-state index contributed by atoms with van der Waals surface area (Å²) in [4.78, 5) is 15.7. The van der Waals surface area contributed by atoms with Gasteiger partial charge < -0.3 is 19.0 Å². The molecular formula is C18H16ClNO5. The Morgan fingerprint density at radius 3 is 2.68 bits per heavy atom. The Kier molecular flexibility index (Phi) is 4.55. The number of carboxylic acid groups (broad SMARTS) is 1. The third-order valence-corrected chi connectivity index (χ3v) is 4.07. The van der Waals surface area contributed by atoms with Gasteiger partial charge in [-0.15, -0.1) is 0 Å². The van der Waals surface area contributed by atoms with Crippen molar-refractivity contribution in [1.29, 1.82) is 0 Å². The fourth-order valence-corrected chi connectivity index (χ4v) is 2.31. The lowest BCUT2D eigenvalue weighted by atomic mass is 10.0. The maximum atomic E-state index is 11.5. The van der Waals surface area contributed by atoms with E-state index >= 15 is 0 Å². The number of halogens is 1. The number of ether oxygens (including phenoxy) is 2. The minimum Gasteiger partial charge on any atom is -0.478 e. The highest BCUT2D eigenvalue weighted by Gasteiger charge is 2.34. The molecule has 0 amide bonds. The molecule has 3 rings (SSSR count). The van der Waals surface area contributed by atoms with Crippen LogP contribution in [0.3, 0.4) is 0 Å². The van der Waals surface area contributed by atoms with Crippen molar-refractivity contribution in [3.63, 3.8) is 0 Å². The number of rotatable bonds is 6. The molecule has 0 fully saturated rings. The molecule has 25 heavy (non-hydrogen) atoms. The van der Waals surface area contributed by atoms with E-state index in [1.54, 1.807) is 49.4 Å². The van der Waals surface area contributed by atoms with Gasteiger partial charge in [0, 0.05) is 11.1 Å². The van der Waals surface area contributed by atoms with Crippen molar-refractivity contribution >= 4 is 28.7 Å². The molecule has 3 aromatic rings. The van der Waals surface area contributed by atoms with Crippen LogP contribution < -0.4 is 9.47 Å². The number of nitrogens with zero attached hydrogens (tertiary/aromatic N) is 1. The zero-order valence-corrected chi connectivity index (χ0v) is 14.4. The average Bonchev–Trinajstić information content (AvgIpc) is 2.97. The van der Waals surface area contributed by atoms with Crippen LogP contribution in [0.2, 0.25) is 5.02 Å². The van der Waals surface area contributed by atoms with Gasteiger partial charge in [-0.1, -0.05) is 30.7 Å². The van der Waals surface area contributed by atoms with Gasteiger partial charge in [0.2, 0.25) is 5.60 Å². The molecule has 0 saturated heterocycles. The quantitative estimate of drug-likeness (QED) is 0.672. The van der Waals surface area contributed by atoms with Gasteiger partial charge in [0.25, 0.3) is 0 Å². The summed E-state index contributed by atoms with van der Waals surface area (Å²) in [6.45, 7) is 3.25. The normalized spacial score (nSPS) is 13.4. The maximum Gasteiger partial charge on any atom is 0.400 e. The highest BCUT2D eigenvalue weighted by molar-refractivity contribution is 6.31.